The normalized spacial score (nSPS) is 12.4. The minimum Gasteiger partial charge on any atom is -0.586 e. The Morgan fingerprint density at radius 1 is 0.760 bits per heavy atom. The number of benzene rings is 3. The molecule has 0 heterocycles. The fourth-order valence-corrected chi connectivity index (χ4v) is 3.20. The van der Waals surface area contributed by atoms with E-state index in [9.17, 15) is 4.55 Å². The molecule has 126 valence electrons. The smallest absolute Gasteiger partial charge is 0.182 e. The van der Waals surface area contributed by atoms with Gasteiger partial charge in [-0.2, -0.15) is 0 Å². The van der Waals surface area contributed by atoms with E-state index in [-0.39, 0.29) is 0 Å². The number of aryl methyl sites for hydroxylation is 2. The Morgan fingerprint density at radius 3 is 1.80 bits per heavy atom. The molecular formula is C22H21NOS. The summed E-state index contributed by atoms with van der Waals surface area (Å²) in [5.41, 5.74) is 5.92. The van der Waals surface area contributed by atoms with Crippen LogP contribution in [0.5, 0.6) is 0 Å². The Hall–Kier alpha value is -2.36. The van der Waals surface area contributed by atoms with Crippen LogP contribution in [0.15, 0.2) is 82.1 Å². The van der Waals surface area contributed by atoms with E-state index < -0.39 is 11.4 Å². The molecule has 3 heteroatoms. The SMILES string of the molecule is Cc1ccc(Cc2ccc(/C=N/[S@+]([O-])c3ccc(C)cc3)cc2)cc1. The van der Waals surface area contributed by atoms with Gasteiger partial charge in [0.2, 0.25) is 0 Å². The molecule has 0 aliphatic rings. The summed E-state index contributed by atoms with van der Waals surface area (Å²) in [5.74, 6) is 0. The third-order valence-corrected chi connectivity index (χ3v) is 5.00. The molecule has 0 aliphatic heterocycles. The fourth-order valence-electron chi connectivity index (χ4n) is 2.49. The van der Waals surface area contributed by atoms with Crippen LogP contribution in [-0.2, 0) is 17.8 Å². The summed E-state index contributed by atoms with van der Waals surface area (Å²) in [5, 5.41) is 0. The largest absolute Gasteiger partial charge is 0.586 e. The molecule has 3 rings (SSSR count). The molecule has 2 nitrogen and oxygen atoms in total. The maximum atomic E-state index is 12.2. The average Bonchev–Trinajstić information content (AvgIpc) is 2.63. The van der Waals surface area contributed by atoms with Crippen molar-refractivity contribution in [1.82, 2.24) is 0 Å². The van der Waals surface area contributed by atoms with Gasteiger partial charge < -0.3 is 4.55 Å². The van der Waals surface area contributed by atoms with Gasteiger partial charge in [-0.3, -0.25) is 0 Å². The Labute approximate surface area is 152 Å². The van der Waals surface area contributed by atoms with E-state index in [1.165, 1.54) is 16.7 Å². The predicted molar refractivity (Wildman–Crippen MR) is 106 cm³/mol. The molecule has 0 bridgehead atoms. The van der Waals surface area contributed by atoms with E-state index in [1.807, 2.05) is 43.3 Å². The first-order valence-corrected chi connectivity index (χ1v) is 9.38. The Morgan fingerprint density at radius 2 is 1.24 bits per heavy atom. The van der Waals surface area contributed by atoms with Crippen LogP contribution in [0, 0.1) is 13.8 Å². The van der Waals surface area contributed by atoms with E-state index in [0.29, 0.717) is 0 Å². The van der Waals surface area contributed by atoms with Crippen LogP contribution in [0.4, 0.5) is 0 Å². The summed E-state index contributed by atoms with van der Waals surface area (Å²) in [6.07, 6.45) is 2.58. The molecule has 0 saturated carbocycles. The molecule has 0 N–H and O–H groups in total. The highest BCUT2D eigenvalue weighted by atomic mass is 32.2. The summed E-state index contributed by atoms with van der Waals surface area (Å²) in [4.78, 5) is 0.720. The number of hydrogen-bond donors (Lipinski definition) is 0. The second kappa shape index (κ2) is 8.15. The van der Waals surface area contributed by atoms with E-state index in [4.69, 9.17) is 0 Å². The monoisotopic (exact) mass is 347 g/mol. The van der Waals surface area contributed by atoms with Gasteiger partial charge in [-0.15, -0.1) is 0 Å². The lowest BCUT2D eigenvalue weighted by atomic mass is 10.0. The fraction of sp³-hybridized carbons (Fsp3) is 0.136. The average molecular weight is 347 g/mol. The number of nitrogens with zero attached hydrogens (tertiary/aromatic N) is 1. The highest BCUT2D eigenvalue weighted by Crippen LogP contribution is 2.14. The highest BCUT2D eigenvalue weighted by molar-refractivity contribution is 7.90. The van der Waals surface area contributed by atoms with Gasteiger partial charge in [0.25, 0.3) is 0 Å². The van der Waals surface area contributed by atoms with Crippen LogP contribution < -0.4 is 0 Å². The molecule has 0 unspecified atom stereocenters. The van der Waals surface area contributed by atoms with Crippen molar-refractivity contribution in [3.05, 3.63) is 101 Å². The summed E-state index contributed by atoms with van der Waals surface area (Å²) >= 11 is -1.36. The third-order valence-electron chi connectivity index (χ3n) is 4.03. The lowest BCUT2D eigenvalue weighted by molar-refractivity contribution is 0.597. The van der Waals surface area contributed by atoms with Crippen LogP contribution in [0.25, 0.3) is 0 Å². The molecule has 1 atom stereocenters. The van der Waals surface area contributed by atoms with Crippen molar-refractivity contribution in [2.45, 2.75) is 25.2 Å². The third kappa shape index (κ3) is 5.05. The lowest BCUT2D eigenvalue weighted by Crippen LogP contribution is -1.98. The van der Waals surface area contributed by atoms with E-state index >= 15 is 0 Å². The minimum absolute atomic E-state index is 0.720. The predicted octanol–water partition coefficient (Wildman–Crippen LogP) is 5.04. The van der Waals surface area contributed by atoms with Gasteiger partial charge in [0, 0.05) is 0 Å². The topological polar surface area (TPSA) is 35.4 Å². The minimum atomic E-state index is -1.36. The zero-order chi connectivity index (χ0) is 17.6. The van der Waals surface area contributed by atoms with E-state index in [2.05, 4.69) is 47.7 Å². The first kappa shape index (κ1) is 17.5. The van der Waals surface area contributed by atoms with Gasteiger partial charge in [0.1, 0.15) is 11.4 Å². The molecule has 3 aromatic rings. The first-order valence-electron chi connectivity index (χ1n) is 8.27. The van der Waals surface area contributed by atoms with Gasteiger partial charge in [-0.05, 0) is 49.1 Å². The van der Waals surface area contributed by atoms with Crippen molar-refractivity contribution in [1.29, 1.82) is 0 Å². The van der Waals surface area contributed by atoms with Gasteiger partial charge in [-0.25, -0.2) is 0 Å². The summed E-state index contributed by atoms with van der Waals surface area (Å²) in [6, 6.07) is 24.4. The zero-order valence-electron chi connectivity index (χ0n) is 14.5. The summed E-state index contributed by atoms with van der Waals surface area (Å²) in [7, 11) is 0. The Kier molecular flexibility index (Phi) is 5.69. The molecule has 0 spiro atoms. The first-order chi connectivity index (χ1) is 12.1. The quantitative estimate of drug-likeness (QED) is 0.470. The van der Waals surface area contributed by atoms with Gasteiger partial charge in [0.15, 0.2) is 4.90 Å². The van der Waals surface area contributed by atoms with Crippen LogP contribution in [0.1, 0.15) is 27.8 Å². The Balaban J connectivity index is 1.63. The zero-order valence-corrected chi connectivity index (χ0v) is 15.3. The molecule has 0 aromatic heterocycles. The summed E-state index contributed by atoms with van der Waals surface area (Å²) < 4.78 is 16.3. The van der Waals surface area contributed by atoms with E-state index in [0.717, 1.165) is 22.4 Å². The Bertz CT molecular complexity index is 837. The van der Waals surface area contributed by atoms with Crippen molar-refractivity contribution in [2.75, 3.05) is 0 Å². The van der Waals surface area contributed by atoms with Crippen molar-refractivity contribution in [3.63, 3.8) is 0 Å². The lowest BCUT2D eigenvalue weighted by Gasteiger charge is -2.04. The maximum absolute atomic E-state index is 12.2. The van der Waals surface area contributed by atoms with Crippen LogP contribution in [-0.4, -0.2) is 10.8 Å². The molecule has 0 fully saturated rings. The molecule has 0 radical (unpaired) electrons. The van der Waals surface area contributed by atoms with Crippen molar-refractivity contribution in [3.8, 4) is 0 Å². The van der Waals surface area contributed by atoms with Gasteiger partial charge in [-0.1, -0.05) is 76.2 Å². The maximum Gasteiger partial charge on any atom is 0.182 e. The van der Waals surface area contributed by atoms with Crippen LogP contribution in [0.2, 0.25) is 0 Å². The summed E-state index contributed by atoms with van der Waals surface area (Å²) in [6.45, 7) is 4.10. The number of hydrogen-bond acceptors (Lipinski definition) is 2. The molecule has 0 saturated heterocycles. The van der Waals surface area contributed by atoms with E-state index in [1.54, 1.807) is 6.21 Å². The van der Waals surface area contributed by atoms with Crippen LogP contribution >= 0.6 is 0 Å². The molecular weight excluding hydrogens is 326 g/mol. The van der Waals surface area contributed by atoms with Crippen molar-refractivity contribution < 1.29 is 4.55 Å². The number of rotatable bonds is 5. The standard InChI is InChI=1S/C22H21NOS/c1-17-3-7-19(8-4-17)15-20-9-11-21(12-10-20)16-23-25(24)22-13-5-18(2)6-14-22/h3-14,16H,15H2,1-2H3/b23-16+/t25-/m1/s1. The molecule has 0 amide bonds. The van der Waals surface area contributed by atoms with Crippen molar-refractivity contribution in [2.24, 2.45) is 4.40 Å². The van der Waals surface area contributed by atoms with Gasteiger partial charge in [0.05, 0.1) is 6.21 Å². The molecule has 3 aromatic carbocycles. The second-order valence-corrected chi connectivity index (χ2v) is 7.38. The second-order valence-electron chi connectivity index (χ2n) is 6.20. The van der Waals surface area contributed by atoms with Crippen molar-refractivity contribution >= 4 is 17.6 Å². The molecule has 0 aliphatic carbocycles. The molecule has 25 heavy (non-hydrogen) atoms. The van der Waals surface area contributed by atoms with Crippen LogP contribution in [0.3, 0.4) is 0 Å². The highest BCUT2D eigenvalue weighted by Gasteiger charge is 2.08. The van der Waals surface area contributed by atoms with Gasteiger partial charge >= 0.3 is 0 Å².